The smallest absolute Gasteiger partial charge is 0.319 e. The molecule has 2 rings (SSSR count). The molecule has 0 heterocycles. The quantitative estimate of drug-likeness (QED) is 0.799. The van der Waals surface area contributed by atoms with Crippen molar-refractivity contribution >= 4 is 17.5 Å². The van der Waals surface area contributed by atoms with E-state index in [2.05, 4.69) is 10.6 Å². The van der Waals surface area contributed by atoms with E-state index in [1.165, 1.54) is 26.2 Å². The second-order valence-electron chi connectivity index (χ2n) is 5.10. The van der Waals surface area contributed by atoms with Crippen molar-refractivity contribution in [2.75, 3.05) is 11.9 Å². The van der Waals surface area contributed by atoms with Gasteiger partial charge in [-0.1, -0.05) is 19.3 Å². The van der Waals surface area contributed by atoms with Crippen LogP contribution in [-0.2, 0) is 0 Å². The van der Waals surface area contributed by atoms with Crippen LogP contribution in [0.2, 0.25) is 0 Å². The van der Waals surface area contributed by atoms with Gasteiger partial charge < -0.3 is 10.6 Å². The summed E-state index contributed by atoms with van der Waals surface area (Å²) in [4.78, 5) is 22.7. The average Bonchev–Trinajstić information content (AvgIpc) is 2.33. The minimum atomic E-state index is -0.185. The number of carbonyl (C=O) groups excluding carboxylic acids is 2. The number of hydrogen-bond acceptors (Lipinski definition) is 2. The van der Waals surface area contributed by atoms with Crippen LogP contribution in [0.1, 0.15) is 43.0 Å². The summed E-state index contributed by atoms with van der Waals surface area (Å²) in [5.74, 6) is 0.826. The van der Waals surface area contributed by atoms with Crippen LogP contribution in [0.15, 0.2) is 24.3 Å². The lowest BCUT2D eigenvalue weighted by atomic mass is 9.83. The zero-order chi connectivity index (χ0) is 13.7. The summed E-state index contributed by atoms with van der Waals surface area (Å²) < 4.78 is 0. The van der Waals surface area contributed by atoms with Crippen LogP contribution in [0.4, 0.5) is 10.5 Å². The highest BCUT2D eigenvalue weighted by Gasteiger charge is 2.16. The highest BCUT2D eigenvalue weighted by molar-refractivity contribution is 5.95. The highest BCUT2D eigenvalue weighted by atomic mass is 16.2. The van der Waals surface area contributed by atoms with Gasteiger partial charge in [0.15, 0.2) is 5.78 Å². The summed E-state index contributed by atoms with van der Waals surface area (Å²) in [6.45, 7) is 2.25. The zero-order valence-electron chi connectivity index (χ0n) is 11.2. The van der Waals surface area contributed by atoms with E-state index in [-0.39, 0.29) is 11.8 Å². The van der Waals surface area contributed by atoms with Gasteiger partial charge in [0.1, 0.15) is 0 Å². The summed E-state index contributed by atoms with van der Waals surface area (Å²) >= 11 is 0. The second kappa shape index (κ2) is 6.36. The van der Waals surface area contributed by atoms with Crippen LogP contribution in [0.5, 0.6) is 0 Å². The highest BCUT2D eigenvalue weighted by Crippen LogP contribution is 2.28. The molecule has 0 aliphatic heterocycles. The van der Waals surface area contributed by atoms with Crippen molar-refractivity contribution in [2.45, 2.75) is 32.6 Å². The standard InChI is InChI=1S/C15H20N2O2/c1-11(18)13-5-7-14(8-6-13)17-15(19)16-10-9-12-3-2-4-12/h5-8,12H,2-4,9-10H2,1H3,(H2,16,17,19). The monoisotopic (exact) mass is 260 g/mol. The number of Topliss-reactive ketones (excluding diaryl/α,β-unsaturated/α-hetero) is 1. The van der Waals surface area contributed by atoms with Crippen molar-refractivity contribution in [2.24, 2.45) is 5.92 Å². The number of anilines is 1. The van der Waals surface area contributed by atoms with E-state index in [1.807, 2.05) is 0 Å². The molecule has 0 bridgehead atoms. The molecule has 2 N–H and O–H groups in total. The van der Waals surface area contributed by atoms with Crippen molar-refractivity contribution in [3.63, 3.8) is 0 Å². The van der Waals surface area contributed by atoms with Gasteiger partial charge in [-0.25, -0.2) is 4.79 Å². The van der Waals surface area contributed by atoms with Gasteiger partial charge in [-0.05, 0) is 43.5 Å². The lowest BCUT2D eigenvalue weighted by molar-refractivity contribution is 0.101. The summed E-state index contributed by atoms with van der Waals surface area (Å²) in [5.41, 5.74) is 1.35. The lowest BCUT2D eigenvalue weighted by Gasteiger charge is -2.25. The van der Waals surface area contributed by atoms with E-state index in [1.54, 1.807) is 24.3 Å². The maximum Gasteiger partial charge on any atom is 0.319 e. The van der Waals surface area contributed by atoms with Gasteiger partial charge >= 0.3 is 6.03 Å². The van der Waals surface area contributed by atoms with E-state index < -0.39 is 0 Å². The fourth-order valence-corrected chi connectivity index (χ4v) is 2.13. The summed E-state index contributed by atoms with van der Waals surface area (Å²) in [6, 6.07) is 6.72. The molecular weight excluding hydrogens is 240 g/mol. The predicted octanol–water partition coefficient (Wildman–Crippen LogP) is 3.20. The Morgan fingerprint density at radius 1 is 1.21 bits per heavy atom. The molecule has 0 radical (unpaired) electrons. The molecule has 1 aromatic carbocycles. The van der Waals surface area contributed by atoms with Gasteiger partial charge in [0, 0.05) is 17.8 Å². The van der Waals surface area contributed by atoms with Crippen LogP contribution < -0.4 is 10.6 Å². The van der Waals surface area contributed by atoms with E-state index >= 15 is 0 Å². The molecule has 1 aliphatic carbocycles. The van der Waals surface area contributed by atoms with Crippen LogP contribution in [-0.4, -0.2) is 18.4 Å². The Morgan fingerprint density at radius 2 is 1.89 bits per heavy atom. The Hall–Kier alpha value is -1.84. The molecule has 1 aromatic rings. The first kappa shape index (κ1) is 13.6. The van der Waals surface area contributed by atoms with Gasteiger partial charge in [0.2, 0.25) is 0 Å². The molecule has 19 heavy (non-hydrogen) atoms. The number of ketones is 1. The zero-order valence-corrected chi connectivity index (χ0v) is 11.2. The lowest BCUT2D eigenvalue weighted by Crippen LogP contribution is -2.31. The van der Waals surface area contributed by atoms with Gasteiger partial charge in [-0.15, -0.1) is 0 Å². The van der Waals surface area contributed by atoms with Crippen LogP contribution >= 0.6 is 0 Å². The Labute approximate surface area is 113 Å². The third kappa shape index (κ3) is 4.09. The fraction of sp³-hybridized carbons (Fsp3) is 0.467. The number of carbonyl (C=O) groups is 2. The SMILES string of the molecule is CC(=O)c1ccc(NC(=O)NCCC2CCC2)cc1. The molecule has 0 unspecified atom stereocenters. The molecule has 0 spiro atoms. The average molecular weight is 260 g/mol. The molecule has 2 amide bonds. The van der Waals surface area contributed by atoms with Crippen molar-refractivity contribution in [3.8, 4) is 0 Å². The largest absolute Gasteiger partial charge is 0.338 e. The normalized spacial score (nSPS) is 14.6. The van der Waals surface area contributed by atoms with Gasteiger partial charge in [0.05, 0.1) is 0 Å². The van der Waals surface area contributed by atoms with Gasteiger partial charge in [-0.3, -0.25) is 4.79 Å². The molecule has 0 aromatic heterocycles. The molecule has 1 saturated carbocycles. The maximum absolute atomic E-state index is 11.6. The third-order valence-corrected chi connectivity index (χ3v) is 3.61. The molecular formula is C15H20N2O2. The van der Waals surface area contributed by atoms with Crippen molar-refractivity contribution in [1.82, 2.24) is 5.32 Å². The molecule has 4 heteroatoms. The fourth-order valence-electron chi connectivity index (χ4n) is 2.13. The van der Waals surface area contributed by atoms with Crippen LogP contribution in [0.25, 0.3) is 0 Å². The summed E-state index contributed by atoms with van der Waals surface area (Å²) in [7, 11) is 0. The topological polar surface area (TPSA) is 58.2 Å². The van der Waals surface area contributed by atoms with Gasteiger partial charge in [-0.2, -0.15) is 0 Å². The van der Waals surface area contributed by atoms with Crippen molar-refractivity contribution in [3.05, 3.63) is 29.8 Å². The van der Waals surface area contributed by atoms with Gasteiger partial charge in [0.25, 0.3) is 0 Å². The predicted molar refractivity (Wildman–Crippen MR) is 75.4 cm³/mol. The number of rotatable bonds is 5. The van der Waals surface area contributed by atoms with Crippen LogP contribution in [0, 0.1) is 5.92 Å². The number of amides is 2. The molecule has 1 aliphatic rings. The number of nitrogens with one attached hydrogen (secondary N) is 2. The number of benzene rings is 1. The summed E-state index contributed by atoms with van der Waals surface area (Å²) in [6.07, 6.45) is 5.00. The molecule has 0 saturated heterocycles. The Kier molecular flexibility index (Phi) is 4.55. The van der Waals surface area contributed by atoms with E-state index in [4.69, 9.17) is 0 Å². The number of urea groups is 1. The first-order valence-corrected chi connectivity index (χ1v) is 6.81. The first-order chi connectivity index (χ1) is 9.15. The Bertz CT molecular complexity index is 450. The van der Waals surface area contributed by atoms with Crippen molar-refractivity contribution in [1.29, 1.82) is 0 Å². The Morgan fingerprint density at radius 3 is 2.42 bits per heavy atom. The summed E-state index contributed by atoms with van der Waals surface area (Å²) in [5, 5.41) is 5.61. The van der Waals surface area contributed by atoms with E-state index in [0.717, 1.165) is 18.9 Å². The first-order valence-electron chi connectivity index (χ1n) is 6.81. The molecule has 1 fully saturated rings. The second-order valence-corrected chi connectivity index (χ2v) is 5.10. The minimum Gasteiger partial charge on any atom is -0.338 e. The third-order valence-electron chi connectivity index (χ3n) is 3.61. The number of hydrogen-bond donors (Lipinski definition) is 2. The minimum absolute atomic E-state index is 0.0245. The van der Waals surface area contributed by atoms with Crippen LogP contribution in [0.3, 0.4) is 0 Å². The van der Waals surface area contributed by atoms with E-state index in [9.17, 15) is 9.59 Å². The molecule has 4 nitrogen and oxygen atoms in total. The van der Waals surface area contributed by atoms with Crippen molar-refractivity contribution < 1.29 is 9.59 Å². The van der Waals surface area contributed by atoms with E-state index in [0.29, 0.717) is 11.3 Å². The maximum atomic E-state index is 11.6. The Balaban J connectivity index is 1.73. The molecule has 0 atom stereocenters. The molecule has 102 valence electrons.